The molecule has 4 heteroatoms. The van der Waals surface area contributed by atoms with Crippen LogP contribution in [0.1, 0.15) is 45.4 Å². The minimum atomic E-state index is -0.457. The topological polar surface area (TPSA) is 41.5 Å². The molecule has 1 aromatic rings. The first-order valence-corrected chi connectivity index (χ1v) is 9.06. The Morgan fingerprint density at radius 3 is 2.62 bits per heavy atom. The van der Waals surface area contributed by atoms with Crippen LogP contribution in [0.2, 0.25) is 0 Å². The zero-order valence-corrected chi connectivity index (χ0v) is 15.1. The van der Waals surface area contributed by atoms with Crippen LogP contribution in [0, 0.1) is 3.57 Å². The van der Waals surface area contributed by atoms with Gasteiger partial charge in [-0.3, -0.25) is 0 Å². The van der Waals surface area contributed by atoms with E-state index in [0.29, 0.717) is 13.2 Å². The van der Waals surface area contributed by atoms with Crippen LogP contribution in [-0.4, -0.2) is 31.0 Å². The Morgan fingerprint density at radius 2 is 1.86 bits per heavy atom. The van der Waals surface area contributed by atoms with E-state index in [1.807, 2.05) is 24.3 Å². The van der Waals surface area contributed by atoms with Gasteiger partial charge in [-0.2, -0.15) is 0 Å². The number of benzene rings is 1. The van der Waals surface area contributed by atoms with E-state index < -0.39 is 6.10 Å². The van der Waals surface area contributed by atoms with Gasteiger partial charge in [0.05, 0.1) is 12.7 Å². The summed E-state index contributed by atoms with van der Waals surface area (Å²) >= 11 is 2.28. The predicted octanol–water partition coefficient (Wildman–Crippen LogP) is 4.44. The summed E-state index contributed by atoms with van der Waals surface area (Å²) in [7, 11) is 0. The van der Waals surface area contributed by atoms with E-state index in [1.54, 1.807) is 0 Å². The molecule has 120 valence electrons. The zero-order chi connectivity index (χ0) is 15.3. The molecule has 1 rings (SSSR count). The highest BCUT2D eigenvalue weighted by Crippen LogP contribution is 2.16. The van der Waals surface area contributed by atoms with Gasteiger partial charge < -0.3 is 15.2 Å². The molecule has 1 unspecified atom stereocenters. The average molecular weight is 405 g/mol. The monoisotopic (exact) mass is 405 g/mol. The molecule has 3 nitrogen and oxygen atoms in total. The second kappa shape index (κ2) is 12.2. The van der Waals surface area contributed by atoms with E-state index in [4.69, 9.17) is 4.74 Å². The molecule has 0 aliphatic heterocycles. The van der Waals surface area contributed by atoms with Gasteiger partial charge in [0.25, 0.3) is 0 Å². The first-order valence-electron chi connectivity index (χ1n) is 7.98. The molecular formula is C17H28INO2. The molecule has 1 atom stereocenters. The summed E-state index contributed by atoms with van der Waals surface area (Å²) in [5.74, 6) is 0. The van der Waals surface area contributed by atoms with Crippen molar-refractivity contribution >= 4 is 28.3 Å². The van der Waals surface area contributed by atoms with Gasteiger partial charge in [-0.05, 0) is 41.1 Å². The molecule has 0 amide bonds. The van der Waals surface area contributed by atoms with Gasteiger partial charge in [-0.25, -0.2) is 0 Å². The lowest BCUT2D eigenvalue weighted by Gasteiger charge is -2.14. The minimum absolute atomic E-state index is 0.408. The van der Waals surface area contributed by atoms with Crippen molar-refractivity contribution in [2.45, 2.75) is 51.6 Å². The lowest BCUT2D eigenvalue weighted by atomic mass is 10.1. The third-order valence-electron chi connectivity index (χ3n) is 3.35. The summed E-state index contributed by atoms with van der Waals surface area (Å²) < 4.78 is 6.69. The lowest BCUT2D eigenvalue weighted by Crippen LogP contribution is -2.25. The number of anilines is 1. The van der Waals surface area contributed by atoms with E-state index >= 15 is 0 Å². The molecule has 0 bridgehead atoms. The van der Waals surface area contributed by atoms with Gasteiger partial charge in [0.2, 0.25) is 0 Å². The van der Waals surface area contributed by atoms with Crippen LogP contribution < -0.4 is 5.32 Å². The van der Waals surface area contributed by atoms with Crippen molar-refractivity contribution in [3.63, 3.8) is 0 Å². The lowest BCUT2D eigenvalue weighted by molar-refractivity contribution is 0.0416. The van der Waals surface area contributed by atoms with Crippen molar-refractivity contribution in [3.8, 4) is 0 Å². The largest absolute Gasteiger partial charge is 0.389 e. The summed E-state index contributed by atoms with van der Waals surface area (Å²) in [4.78, 5) is 0. The molecule has 0 fully saturated rings. The highest BCUT2D eigenvalue weighted by Gasteiger charge is 2.05. The SMILES string of the molecule is CCCCCCCCOCC(O)CNc1ccccc1I. The van der Waals surface area contributed by atoms with Gasteiger partial charge in [-0.1, -0.05) is 51.2 Å². The summed E-state index contributed by atoms with van der Waals surface area (Å²) in [6.07, 6.45) is 7.13. The first kappa shape index (κ1) is 18.7. The maximum atomic E-state index is 9.88. The third-order valence-corrected chi connectivity index (χ3v) is 4.30. The molecule has 0 saturated heterocycles. The summed E-state index contributed by atoms with van der Waals surface area (Å²) in [5, 5.41) is 13.1. The standard InChI is InChI=1S/C17H28INO2/c1-2-3-4-5-6-9-12-21-14-15(20)13-19-17-11-8-7-10-16(17)18/h7-8,10-11,15,19-20H,2-6,9,12-14H2,1H3. The Balaban J connectivity index is 1.99. The highest BCUT2D eigenvalue weighted by atomic mass is 127. The van der Waals surface area contributed by atoms with Gasteiger partial charge in [0.1, 0.15) is 0 Å². The quantitative estimate of drug-likeness (QED) is 0.399. The van der Waals surface area contributed by atoms with Crippen molar-refractivity contribution in [2.75, 3.05) is 25.1 Å². The summed E-state index contributed by atoms with van der Waals surface area (Å²) in [5.41, 5.74) is 1.06. The molecule has 2 N–H and O–H groups in total. The number of nitrogens with one attached hydrogen (secondary N) is 1. The number of rotatable bonds is 12. The second-order valence-corrected chi connectivity index (χ2v) is 6.52. The maximum Gasteiger partial charge on any atom is 0.0945 e. The molecule has 0 spiro atoms. The second-order valence-electron chi connectivity index (χ2n) is 5.36. The van der Waals surface area contributed by atoms with Gasteiger partial charge >= 0.3 is 0 Å². The number of para-hydroxylation sites is 1. The molecule has 0 radical (unpaired) electrons. The van der Waals surface area contributed by atoms with Gasteiger partial charge in [0, 0.05) is 22.4 Å². The smallest absolute Gasteiger partial charge is 0.0945 e. The van der Waals surface area contributed by atoms with E-state index in [9.17, 15) is 5.11 Å². The molecule has 1 aromatic carbocycles. The Morgan fingerprint density at radius 1 is 1.14 bits per heavy atom. The van der Waals surface area contributed by atoms with Crippen molar-refractivity contribution < 1.29 is 9.84 Å². The molecule has 0 aromatic heterocycles. The molecule has 0 heterocycles. The first-order chi connectivity index (χ1) is 10.2. The van der Waals surface area contributed by atoms with Crippen molar-refractivity contribution in [2.24, 2.45) is 0 Å². The minimum Gasteiger partial charge on any atom is -0.389 e. The van der Waals surface area contributed by atoms with Crippen molar-refractivity contribution in [3.05, 3.63) is 27.8 Å². The van der Waals surface area contributed by atoms with Crippen LogP contribution in [0.4, 0.5) is 5.69 Å². The van der Waals surface area contributed by atoms with Gasteiger partial charge in [-0.15, -0.1) is 0 Å². The summed E-state index contributed by atoms with van der Waals surface area (Å²) in [6, 6.07) is 8.06. The fraction of sp³-hybridized carbons (Fsp3) is 0.647. The number of ether oxygens (including phenoxy) is 1. The Hall–Kier alpha value is -0.330. The average Bonchev–Trinajstić information content (AvgIpc) is 2.49. The number of unbranched alkanes of at least 4 members (excludes halogenated alkanes) is 5. The predicted molar refractivity (Wildman–Crippen MR) is 97.9 cm³/mol. The van der Waals surface area contributed by atoms with Crippen molar-refractivity contribution in [1.29, 1.82) is 0 Å². The zero-order valence-electron chi connectivity index (χ0n) is 13.0. The molecular weight excluding hydrogens is 377 g/mol. The maximum absolute atomic E-state index is 9.88. The number of aliphatic hydroxyl groups excluding tert-OH is 1. The van der Waals surface area contributed by atoms with Crippen LogP contribution >= 0.6 is 22.6 Å². The van der Waals surface area contributed by atoms with E-state index in [2.05, 4.69) is 34.8 Å². The Bertz CT molecular complexity index is 374. The van der Waals surface area contributed by atoms with Gasteiger partial charge in [0.15, 0.2) is 0 Å². The molecule has 0 aliphatic carbocycles. The summed E-state index contributed by atoms with van der Waals surface area (Å²) in [6.45, 7) is 3.92. The van der Waals surface area contributed by atoms with Crippen LogP contribution in [0.5, 0.6) is 0 Å². The van der Waals surface area contributed by atoms with E-state index in [-0.39, 0.29) is 0 Å². The fourth-order valence-electron chi connectivity index (χ4n) is 2.10. The molecule has 0 aliphatic rings. The van der Waals surface area contributed by atoms with Crippen LogP contribution in [-0.2, 0) is 4.74 Å². The highest BCUT2D eigenvalue weighted by molar-refractivity contribution is 14.1. The number of aliphatic hydroxyl groups is 1. The third kappa shape index (κ3) is 9.32. The van der Waals surface area contributed by atoms with E-state index in [1.165, 1.54) is 32.1 Å². The normalized spacial score (nSPS) is 12.3. The van der Waals surface area contributed by atoms with Crippen LogP contribution in [0.25, 0.3) is 0 Å². The number of halogens is 1. The van der Waals surface area contributed by atoms with Crippen LogP contribution in [0.3, 0.4) is 0 Å². The molecule has 21 heavy (non-hydrogen) atoms. The fourth-order valence-corrected chi connectivity index (χ4v) is 2.67. The number of hydrogen-bond donors (Lipinski definition) is 2. The molecule has 0 saturated carbocycles. The van der Waals surface area contributed by atoms with E-state index in [0.717, 1.165) is 22.3 Å². The Kier molecular flexibility index (Phi) is 10.9. The number of hydrogen-bond acceptors (Lipinski definition) is 3. The van der Waals surface area contributed by atoms with Crippen LogP contribution in [0.15, 0.2) is 24.3 Å². The Labute approximate surface area is 142 Å². The van der Waals surface area contributed by atoms with Crippen molar-refractivity contribution in [1.82, 2.24) is 0 Å².